The summed E-state index contributed by atoms with van der Waals surface area (Å²) in [6.07, 6.45) is 0. The Hall–Kier alpha value is -4.26. The highest BCUT2D eigenvalue weighted by Crippen LogP contribution is 2.31. The molecule has 11 nitrogen and oxygen atoms in total. The topological polar surface area (TPSA) is 135 Å². The number of amides is 2. The molecule has 0 aliphatic carbocycles. The maximum Gasteiger partial charge on any atom is 0.293 e. The number of hydrogen-bond donors (Lipinski definition) is 3. The lowest BCUT2D eigenvalue weighted by Crippen LogP contribution is -2.37. The molecule has 0 saturated carbocycles. The molecule has 39 heavy (non-hydrogen) atoms. The van der Waals surface area contributed by atoms with E-state index in [0.29, 0.717) is 59.7 Å². The minimum absolute atomic E-state index is 0.0326. The Balaban J connectivity index is 1.42. The monoisotopic (exact) mass is 569 g/mol. The van der Waals surface area contributed by atoms with E-state index in [0.717, 1.165) is 0 Å². The number of methoxy groups -OCH3 is 1. The Kier molecular flexibility index (Phi) is 8.92. The molecule has 0 unspecified atom stereocenters. The molecule has 0 bridgehead atoms. The van der Waals surface area contributed by atoms with Crippen molar-refractivity contribution >= 4 is 63.5 Å². The lowest BCUT2D eigenvalue weighted by atomic mass is 10.1. The predicted molar refractivity (Wildman–Crippen MR) is 152 cm³/mol. The minimum atomic E-state index is -0.611. The average Bonchev–Trinajstić information content (AvgIpc) is 2.94. The van der Waals surface area contributed by atoms with Crippen LogP contribution in [0.4, 0.5) is 22.7 Å². The number of rotatable bonds is 7. The fraction of sp³-hybridized carbons (Fsp3) is 0.192. The molecule has 3 aromatic carbocycles. The van der Waals surface area contributed by atoms with E-state index in [1.165, 1.54) is 19.2 Å². The Morgan fingerprint density at radius 1 is 1.05 bits per heavy atom. The summed E-state index contributed by atoms with van der Waals surface area (Å²) in [7, 11) is 1.44. The summed E-state index contributed by atoms with van der Waals surface area (Å²) in [5, 5.41) is 20.1. The van der Waals surface area contributed by atoms with Gasteiger partial charge in [0.25, 0.3) is 17.5 Å². The number of nitro benzene ring substituents is 1. The zero-order chi connectivity index (χ0) is 27.9. The van der Waals surface area contributed by atoms with Crippen LogP contribution in [-0.4, -0.2) is 55.3 Å². The van der Waals surface area contributed by atoms with E-state index >= 15 is 0 Å². The Morgan fingerprint density at radius 3 is 2.49 bits per heavy atom. The molecule has 202 valence electrons. The van der Waals surface area contributed by atoms with Gasteiger partial charge in [0.2, 0.25) is 0 Å². The Morgan fingerprint density at radius 2 is 1.79 bits per heavy atom. The molecule has 0 spiro atoms. The summed E-state index contributed by atoms with van der Waals surface area (Å²) in [6.45, 7) is 1.98. The third-order valence-corrected chi connectivity index (χ3v) is 6.37. The van der Waals surface area contributed by atoms with Gasteiger partial charge in [0.1, 0.15) is 11.4 Å². The van der Waals surface area contributed by atoms with Gasteiger partial charge in [-0.1, -0.05) is 23.7 Å². The highest BCUT2D eigenvalue weighted by molar-refractivity contribution is 7.80. The number of morpholine rings is 1. The number of halogens is 1. The zero-order valence-corrected chi connectivity index (χ0v) is 22.3. The Bertz CT molecular complexity index is 1430. The molecule has 1 saturated heterocycles. The lowest BCUT2D eigenvalue weighted by molar-refractivity contribution is -0.384. The molecule has 1 fully saturated rings. The van der Waals surface area contributed by atoms with Crippen molar-refractivity contribution in [3.05, 3.63) is 86.9 Å². The zero-order valence-electron chi connectivity index (χ0n) is 20.7. The van der Waals surface area contributed by atoms with Gasteiger partial charge in [0, 0.05) is 36.5 Å². The average molecular weight is 570 g/mol. The summed E-state index contributed by atoms with van der Waals surface area (Å²) in [5.74, 6) is -0.681. The van der Waals surface area contributed by atoms with Crippen LogP contribution in [0.3, 0.4) is 0 Å². The number of anilines is 3. The fourth-order valence-corrected chi connectivity index (χ4v) is 4.36. The SMILES string of the molecule is COc1cc(NC(=S)NC(=O)c2ccc(N3CCOCC3)c([N+](=O)[O-])c2)ccc1NC(=O)c1ccccc1Cl. The molecule has 2 amide bonds. The smallest absolute Gasteiger partial charge is 0.293 e. The molecular weight excluding hydrogens is 546 g/mol. The molecule has 1 heterocycles. The van der Waals surface area contributed by atoms with Crippen LogP contribution in [0.5, 0.6) is 5.75 Å². The summed E-state index contributed by atoms with van der Waals surface area (Å²) in [6, 6.07) is 15.8. The number of carbonyl (C=O) groups is 2. The van der Waals surface area contributed by atoms with Crippen LogP contribution in [0.15, 0.2) is 60.7 Å². The van der Waals surface area contributed by atoms with E-state index in [1.807, 2.05) is 4.90 Å². The standard InChI is InChI=1S/C26H24ClN5O6S/c1-37-23-15-17(7-8-20(23)29-25(34)18-4-2-3-5-19(18)27)28-26(39)30-24(33)16-6-9-21(22(14-16)32(35)36)31-10-12-38-13-11-31/h2-9,14-15H,10-13H2,1H3,(H,29,34)(H2,28,30,33,39). The van der Waals surface area contributed by atoms with Gasteiger partial charge in [-0.05, 0) is 48.6 Å². The minimum Gasteiger partial charge on any atom is -0.494 e. The van der Waals surface area contributed by atoms with Crippen molar-refractivity contribution in [2.75, 3.05) is 48.9 Å². The molecular formula is C26H24ClN5O6S. The first-order chi connectivity index (χ1) is 18.8. The number of nitrogens with zero attached hydrogens (tertiary/aromatic N) is 2. The van der Waals surface area contributed by atoms with Crippen LogP contribution >= 0.6 is 23.8 Å². The molecule has 3 N–H and O–H groups in total. The highest BCUT2D eigenvalue weighted by Gasteiger charge is 2.23. The first-order valence-corrected chi connectivity index (χ1v) is 12.5. The molecule has 1 aliphatic heterocycles. The van der Waals surface area contributed by atoms with Crippen LogP contribution in [0.2, 0.25) is 5.02 Å². The van der Waals surface area contributed by atoms with Crippen molar-refractivity contribution in [1.29, 1.82) is 0 Å². The number of nitrogens with one attached hydrogen (secondary N) is 3. The maximum absolute atomic E-state index is 12.8. The van der Waals surface area contributed by atoms with E-state index in [-0.39, 0.29) is 16.4 Å². The molecule has 0 atom stereocenters. The third-order valence-electron chi connectivity index (χ3n) is 5.84. The van der Waals surface area contributed by atoms with E-state index < -0.39 is 16.7 Å². The van der Waals surface area contributed by atoms with Crippen molar-refractivity contribution in [3.63, 3.8) is 0 Å². The summed E-state index contributed by atoms with van der Waals surface area (Å²) in [4.78, 5) is 38.4. The van der Waals surface area contributed by atoms with Gasteiger partial charge in [0.15, 0.2) is 5.11 Å². The van der Waals surface area contributed by atoms with Gasteiger partial charge < -0.3 is 25.0 Å². The van der Waals surface area contributed by atoms with E-state index in [4.69, 9.17) is 33.3 Å². The van der Waals surface area contributed by atoms with Gasteiger partial charge in [-0.25, -0.2) is 0 Å². The maximum atomic E-state index is 12.8. The van der Waals surface area contributed by atoms with Crippen LogP contribution < -0.4 is 25.6 Å². The first kappa shape index (κ1) is 27.8. The Labute approximate surface area is 234 Å². The van der Waals surface area contributed by atoms with Gasteiger partial charge >= 0.3 is 0 Å². The second kappa shape index (κ2) is 12.5. The van der Waals surface area contributed by atoms with Crippen molar-refractivity contribution in [2.24, 2.45) is 0 Å². The molecule has 13 heteroatoms. The second-order valence-corrected chi connectivity index (χ2v) is 9.13. The molecule has 3 aromatic rings. The number of hydrogen-bond acceptors (Lipinski definition) is 8. The number of benzene rings is 3. The predicted octanol–water partition coefficient (Wildman–Crippen LogP) is 4.47. The largest absolute Gasteiger partial charge is 0.494 e. The van der Waals surface area contributed by atoms with Crippen LogP contribution in [-0.2, 0) is 4.74 Å². The van der Waals surface area contributed by atoms with E-state index in [1.54, 1.807) is 48.5 Å². The van der Waals surface area contributed by atoms with Gasteiger partial charge in [-0.3, -0.25) is 25.0 Å². The second-order valence-electron chi connectivity index (χ2n) is 8.32. The number of carbonyl (C=O) groups excluding carboxylic acids is 2. The van der Waals surface area contributed by atoms with Crippen LogP contribution in [0.25, 0.3) is 0 Å². The normalized spacial score (nSPS) is 12.8. The summed E-state index contributed by atoms with van der Waals surface area (Å²) < 4.78 is 10.7. The number of thiocarbonyl (C=S) groups is 1. The lowest BCUT2D eigenvalue weighted by Gasteiger charge is -2.28. The van der Waals surface area contributed by atoms with Gasteiger partial charge in [-0.15, -0.1) is 0 Å². The van der Waals surface area contributed by atoms with Crippen molar-refractivity contribution in [3.8, 4) is 5.75 Å². The van der Waals surface area contributed by atoms with E-state index in [2.05, 4.69) is 16.0 Å². The van der Waals surface area contributed by atoms with Gasteiger partial charge in [-0.2, -0.15) is 0 Å². The number of nitro groups is 1. The first-order valence-electron chi connectivity index (χ1n) is 11.7. The van der Waals surface area contributed by atoms with Gasteiger partial charge in [0.05, 0.1) is 41.5 Å². The van der Waals surface area contributed by atoms with Crippen LogP contribution in [0.1, 0.15) is 20.7 Å². The van der Waals surface area contributed by atoms with Crippen LogP contribution in [0, 0.1) is 10.1 Å². The fourth-order valence-electron chi connectivity index (χ4n) is 3.93. The summed E-state index contributed by atoms with van der Waals surface area (Å²) in [5.41, 5.74) is 1.51. The van der Waals surface area contributed by atoms with Crippen molar-refractivity contribution in [2.45, 2.75) is 0 Å². The quantitative estimate of drug-likeness (QED) is 0.214. The number of ether oxygens (including phenoxy) is 2. The van der Waals surface area contributed by atoms with Crippen molar-refractivity contribution in [1.82, 2.24) is 5.32 Å². The molecule has 1 aliphatic rings. The van der Waals surface area contributed by atoms with Crippen molar-refractivity contribution < 1.29 is 24.0 Å². The highest BCUT2D eigenvalue weighted by atomic mass is 35.5. The molecule has 0 radical (unpaired) electrons. The molecule has 4 rings (SSSR count). The van der Waals surface area contributed by atoms with E-state index in [9.17, 15) is 19.7 Å². The third kappa shape index (κ3) is 6.79. The summed E-state index contributed by atoms with van der Waals surface area (Å²) >= 11 is 11.4. The molecule has 0 aromatic heterocycles.